The van der Waals surface area contributed by atoms with Gasteiger partial charge in [-0.15, -0.1) is 0 Å². The molecule has 0 spiro atoms. The Balaban J connectivity index is 2.72. The Morgan fingerprint density at radius 3 is 2.74 bits per heavy atom. The second-order valence-electron chi connectivity index (χ2n) is 4.42. The first-order valence-corrected chi connectivity index (χ1v) is 6.53. The first-order valence-electron chi connectivity index (χ1n) is 6.15. The minimum atomic E-state index is -0.946. The van der Waals surface area contributed by atoms with Crippen LogP contribution >= 0.6 is 11.6 Å². The van der Waals surface area contributed by atoms with E-state index in [0.717, 1.165) is 6.42 Å². The SMILES string of the molecule is C=C(Cl)CNC(=O)N(CCC)C1COCC1C(=O)O. The zero-order valence-corrected chi connectivity index (χ0v) is 11.7. The molecule has 19 heavy (non-hydrogen) atoms. The lowest BCUT2D eigenvalue weighted by atomic mass is 10.0. The van der Waals surface area contributed by atoms with Gasteiger partial charge >= 0.3 is 12.0 Å². The van der Waals surface area contributed by atoms with Crippen LogP contribution in [0.5, 0.6) is 0 Å². The van der Waals surface area contributed by atoms with Gasteiger partial charge in [-0.1, -0.05) is 25.1 Å². The number of carboxylic acid groups (broad SMARTS) is 1. The molecule has 108 valence electrons. The largest absolute Gasteiger partial charge is 0.481 e. The standard InChI is InChI=1S/C12H19ClN2O4/c1-3-4-15(12(18)14-5-8(2)13)10-7-19-6-9(10)11(16)17/h9-10H,2-7H2,1H3,(H,14,18)(H,16,17). The third-order valence-corrected chi connectivity index (χ3v) is 3.06. The van der Waals surface area contributed by atoms with Crippen molar-refractivity contribution >= 4 is 23.6 Å². The summed E-state index contributed by atoms with van der Waals surface area (Å²) >= 11 is 5.60. The van der Waals surface area contributed by atoms with Crippen molar-refractivity contribution in [3.63, 3.8) is 0 Å². The van der Waals surface area contributed by atoms with E-state index in [4.69, 9.17) is 21.4 Å². The van der Waals surface area contributed by atoms with Crippen molar-refractivity contribution in [3.8, 4) is 0 Å². The molecule has 0 aromatic carbocycles. The lowest BCUT2D eigenvalue weighted by Crippen LogP contribution is -2.51. The van der Waals surface area contributed by atoms with E-state index in [9.17, 15) is 9.59 Å². The van der Waals surface area contributed by atoms with Crippen molar-refractivity contribution in [2.45, 2.75) is 19.4 Å². The number of nitrogens with one attached hydrogen (secondary N) is 1. The summed E-state index contributed by atoms with van der Waals surface area (Å²) < 4.78 is 5.19. The Morgan fingerprint density at radius 2 is 2.21 bits per heavy atom. The fourth-order valence-corrected chi connectivity index (χ4v) is 2.08. The van der Waals surface area contributed by atoms with Crippen molar-refractivity contribution < 1.29 is 19.4 Å². The molecule has 0 aliphatic carbocycles. The Morgan fingerprint density at radius 1 is 1.53 bits per heavy atom. The molecule has 1 aliphatic rings. The summed E-state index contributed by atoms with van der Waals surface area (Å²) in [5.41, 5.74) is 0. The molecule has 7 heteroatoms. The maximum Gasteiger partial charge on any atom is 0.318 e. The number of halogens is 1. The number of carboxylic acids is 1. The molecule has 1 saturated heterocycles. The van der Waals surface area contributed by atoms with Gasteiger partial charge in [0.15, 0.2) is 0 Å². The van der Waals surface area contributed by atoms with Gasteiger partial charge in [-0.3, -0.25) is 4.79 Å². The number of amides is 2. The second kappa shape index (κ2) is 7.35. The molecule has 0 radical (unpaired) electrons. The number of hydrogen-bond acceptors (Lipinski definition) is 3. The molecule has 6 nitrogen and oxygen atoms in total. The van der Waals surface area contributed by atoms with Gasteiger partial charge in [-0.2, -0.15) is 0 Å². The third-order valence-electron chi connectivity index (χ3n) is 2.92. The maximum absolute atomic E-state index is 12.1. The van der Waals surface area contributed by atoms with Gasteiger partial charge in [0.05, 0.1) is 25.8 Å². The quantitative estimate of drug-likeness (QED) is 0.772. The maximum atomic E-state index is 12.1. The first kappa shape index (κ1) is 15.8. The van der Waals surface area contributed by atoms with Crippen LogP contribution in [0.1, 0.15) is 13.3 Å². The molecule has 2 amide bonds. The van der Waals surface area contributed by atoms with Crippen LogP contribution in [0.3, 0.4) is 0 Å². The van der Waals surface area contributed by atoms with Crippen LogP contribution in [0.2, 0.25) is 0 Å². The van der Waals surface area contributed by atoms with Crippen molar-refractivity contribution in [2.24, 2.45) is 5.92 Å². The van der Waals surface area contributed by atoms with Crippen LogP contribution in [0.4, 0.5) is 4.79 Å². The van der Waals surface area contributed by atoms with Crippen LogP contribution in [0, 0.1) is 5.92 Å². The summed E-state index contributed by atoms with van der Waals surface area (Å²) in [6.45, 7) is 6.42. The van der Waals surface area contributed by atoms with E-state index in [2.05, 4.69) is 11.9 Å². The summed E-state index contributed by atoms with van der Waals surface area (Å²) in [4.78, 5) is 24.7. The Bertz CT molecular complexity index is 362. The molecular formula is C12H19ClN2O4. The number of aliphatic carboxylic acids is 1. The Labute approximate surface area is 117 Å². The minimum absolute atomic E-state index is 0.135. The Kier molecular flexibility index (Phi) is 6.11. The molecule has 2 unspecified atom stereocenters. The van der Waals surface area contributed by atoms with Crippen LogP contribution in [-0.2, 0) is 9.53 Å². The van der Waals surface area contributed by atoms with E-state index >= 15 is 0 Å². The van der Waals surface area contributed by atoms with Crippen molar-refractivity contribution in [2.75, 3.05) is 26.3 Å². The molecule has 1 heterocycles. The summed E-state index contributed by atoms with van der Waals surface area (Å²) in [5, 5.41) is 12.1. The highest BCUT2D eigenvalue weighted by Crippen LogP contribution is 2.20. The summed E-state index contributed by atoms with van der Waals surface area (Å²) in [5.74, 6) is -1.63. The first-order chi connectivity index (χ1) is 8.97. The fraction of sp³-hybridized carbons (Fsp3) is 0.667. The van der Waals surface area contributed by atoms with Crippen molar-refractivity contribution in [1.29, 1.82) is 0 Å². The molecule has 1 aliphatic heterocycles. The fourth-order valence-electron chi connectivity index (χ4n) is 2.02. The van der Waals surface area contributed by atoms with Gasteiger partial charge in [0.1, 0.15) is 5.92 Å². The van der Waals surface area contributed by atoms with Gasteiger partial charge in [-0.05, 0) is 6.42 Å². The molecule has 0 saturated carbocycles. The molecule has 2 N–H and O–H groups in total. The smallest absolute Gasteiger partial charge is 0.318 e. The predicted molar refractivity (Wildman–Crippen MR) is 71.1 cm³/mol. The Hall–Kier alpha value is -1.27. The van der Waals surface area contributed by atoms with Gasteiger partial charge in [0, 0.05) is 11.6 Å². The summed E-state index contributed by atoms with van der Waals surface area (Å²) in [6.07, 6.45) is 0.734. The topological polar surface area (TPSA) is 78.9 Å². The highest BCUT2D eigenvalue weighted by molar-refractivity contribution is 6.29. The van der Waals surface area contributed by atoms with E-state index in [1.165, 1.54) is 4.90 Å². The average Bonchev–Trinajstić information content (AvgIpc) is 2.81. The molecule has 0 bridgehead atoms. The number of nitrogens with zero attached hydrogens (tertiary/aromatic N) is 1. The van der Waals surface area contributed by atoms with Gasteiger partial charge in [0.2, 0.25) is 0 Å². The average molecular weight is 291 g/mol. The van der Waals surface area contributed by atoms with Crippen LogP contribution in [-0.4, -0.2) is 54.4 Å². The summed E-state index contributed by atoms with van der Waals surface area (Å²) in [7, 11) is 0. The van der Waals surface area contributed by atoms with Crippen LogP contribution in [0.15, 0.2) is 11.6 Å². The van der Waals surface area contributed by atoms with E-state index in [1.807, 2.05) is 6.92 Å². The van der Waals surface area contributed by atoms with Crippen molar-refractivity contribution in [1.82, 2.24) is 10.2 Å². The number of ether oxygens (including phenoxy) is 1. The number of carbonyl (C=O) groups excluding carboxylic acids is 1. The molecule has 0 aromatic rings. The number of carbonyl (C=O) groups is 2. The molecular weight excluding hydrogens is 272 g/mol. The zero-order valence-electron chi connectivity index (χ0n) is 10.9. The van der Waals surface area contributed by atoms with Gasteiger partial charge in [-0.25, -0.2) is 4.79 Å². The molecule has 2 atom stereocenters. The lowest BCUT2D eigenvalue weighted by Gasteiger charge is -2.30. The number of rotatable bonds is 6. The molecule has 1 fully saturated rings. The molecule has 1 rings (SSSR count). The van der Waals surface area contributed by atoms with E-state index in [0.29, 0.717) is 11.6 Å². The predicted octanol–water partition coefficient (Wildman–Crippen LogP) is 1.26. The highest BCUT2D eigenvalue weighted by Gasteiger charge is 2.39. The normalized spacial score (nSPS) is 22.0. The monoisotopic (exact) mass is 290 g/mol. The molecule has 0 aromatic heterocycles. The third kappa shape index (κ3) is 4.40. The number of hydrogen-bond donors (Lipinski definition) is 2. The lowest BCUT2D eigenvalue weighted by molar-refractivity contribution is -0.142. The van der Waals surface area contributed by atoms with Crippen LogP contribution < -0.4 is 5.32 Å². The summed E-state index contributed by atoms with van der Waals surface area (Å²) in [6, 6.07) is -0.786. The highest BCUT2D eigenvalue weighted by atomic mass is 35.5. The minimum Gasteiger partial charge on any atom is -0.481 e. The van der Waals surface area contributed by atoms with E-state index in [1.54, 1.807) is 0 Å². The van der Waals surface area contributed by atoms with Crippen LogP contribution in [0.25, 0.3) is 0 Å². The van der Waals surface area contributed by atoms with E-state index < -0.39 is 17.9 Å². The van der Waals surface area contributed by atoms with Gasteiger partial charge in [0.25, 0.3) is 0 Å². The second-order valence-corrected chi connectivity index (χ2v) is 4.95. The zero-order chi connectivity index (χ0) is 14.4. The number of urea groups is 1. The van der Waals surface area contributed by atoms with Crippen molar-refractivity contribution in [3.05, 3.63) is 11.6 Å². The van der Waals surface area contributed by atoms with Gasteiger partial charge < -0.3 is 20.1 Å². The van der Waals surface area contributed by atoms with E-state index in [-0.39, 0.29) is 25.8 Å².